The summed E-state index contributed by atoms with van der Waals surface area (Å²) in [5.41, 5.74) is 10.5. The number of rotatable bonds is 4. The van der Waals surface area contributed by atoms with Gasteiger partial charge in [-0.25, -0.2) is 0 Å². The molecular formula is C17H21N3. The second-order valence-electron chi connectivity index (χ2n) is 5.47. The van der Waals surface area contributed by atoms with Crippen LogP contribution in [-0.2, 0) is 13.1 Å². The topological polar surface area (TPSA) is 42.1 Å². The molecule has 0 amide bonds. The van der Waals surface area contributed by atoms with Gasteiger partial charge in [0.05, 0.1) is 6.04 Å². The molecule has 20 heavy (non-hydrogen) atoms. The number of benzene rings is 1. The quantitative estimate of drug-likeness (QED) is 0.926. The molecule has 3 rings (SSSR count). The van der Waals surface area contributed by atoms with Crippen LogP contribution in [0, 0.1) is 0 Å². The van der Waals surface area contributed by atoms with E-state index < -0.39 is 0 Å². The van der Waals surface area contributed by atoms with E-state index in [0.717, 1.165) is 19.5 Å². The van der Waals surface area contributed by atoms with Gasteiger partial charge in [0.15, 0.2) is 0 Å². The smallest absolute Gasteiger partial charge is 0.0507 e. The molecule has 0 radical (unpaired) electrons. The SMILES string of the molecule is CCC(N)C(c1ccncc1)N1Cc2ccccc2C1. The Balaban J connectivity index is 1.89. The van der Waals surface area contributed by atoms with Gasteiger partial charge in [0, 0.05) is 31.5 Å². The minimum absolute atomic E-state index is 0.145. The monoisotopic (exact) mass is 267 g/mol. The van der Waals surface area contributed by atoms with E-state index in [1.54, 1.807) is 0 Å². The molecule has 0 spiro atoms. The van der Waals surface area contributed by atoms with Gasteiger partial charge in [-0.15, -0.1) is 0 Å². The van der Waals surface area contributed by atoms with Crippen LogP contribution in [0.4, 0.5) is 0 Å². The van der Waals surface area contributed by atoms with Crippen LogP contribution >= 0.6 is 0 Å². The molecule has 2 heterocycles. The predicted molar refractivity (Wildman–Crippen MR) is 80.9 cm³/mol. The van der Waals surface area contributed by atoms with E-state index in [9.17, 15) is 0 Å². The molecule has 2 unspecified atom stereocenters. The average molecular weight is 267 g/mol. The Bertz CT molecular complexity index is 542. The molecule has 0 aliphatic carbocycles. The Hall–Kier alpha value is -1.71. The Labute approximate surface area is 120 Å². The van der Waals surface area contributed by atoms with Crippen molar-refractivity contribution in [3.05, 3.63) is 65.5 Å². The summed E-state index contributed by atoms with van der Waals surface area (Å²) in [6, 6.07) is 13.2. The first kappa shape index (κ1) is 13.3. The summed E-state index contributed by atoms with van der Waals surface area (Å²) in [5, 5.41) is 0. The first-order valence-electron chi connectivity index (χ1n) is 7.26. The first-order chi connectivity index (χ1) is 9.79. The Morgan fingerprint density at radius 1 is 1.10 bits per heavy atom. The number of hydrogen-bond donors (Lipinski definition) is 1. The molecule has 2 aromatic rings. The fraction of sp³-hybridized carbons (Fsp3) is 0.353. The van der Waals surface area contributed by atoms with E-state index in [-0.39, 0.29) is 12.1 Å². The highest BCUT2D eigenvalue weighted by Gasteiger charge is 2.30. The van der Waals surface area contributed by atoms with E-state index in [0.29, 0.717) is 0 Å². The molecule has 3 heteroatoms. The lowest BCUT2D eigenvalue weighted by atomic mass is 9.97. The minimum atomic E-state index is 0.145. The van der Waals surface area contributed by atoms with Crippen molar-refractivity contribution in [1.29, 1.82) is 0 Å². The van der Waals surface area contributed by atoms with Crippen LogP contribution in [0.15, 0.2) is 48.8 Å². The van der Waals surface area contributed by atoms with Crippen LogP contribution < -0.4 is 5.73 Å². The van der Waals surface area contributed by atoms with Gasteiger partial charge in [0.25, 0.3) is 0 Å². The third-order valence-corrected chi connectivity index (χ3v) is 4.18. The highest BCUT2D eigenvalue weighted by atomic mass is 15.2. The second-order valence-corrected chi connectivity index (χ2v) is 5.47. The molecule has 0 fully saturated rings. The van der Waals surface area contributed by atoms with Crippen LogP contribution in [0.25, 0.3) is 0 Å². The van der Waals surface area contributed by atoms with E-state index in [2.05, 4.69) is 53.2 Å². The summed E-state index contributed by atoms with van der Waals surface area (Å²) in [6.07, 6.45) is 4.68. The Morgan fingerprint density at radius 2 is 1.70 bits per heavy atom. The van der Waals surface area contributed by atoms with Gasteiger partial charge in [-0.1, -0.05) is 31.2 Å². The standard InChI is InChI=1S/C17H21N3/c1-2-16(18)17(13-7-9-19-10-8-13)20-11-14-5-3-4-6-15(14)12-20/h3-10,16-17H,2,11-12,18H2,1H3. The average Bonchev–Trinajstić information content (AvgIpc) is 2.91. The molecule has 0 bridgehead atoms. The molecular weight excluding hydrogens is 246 g/mol. The van der Waals surface area contributed by atoms with Crippen LogP contribution in [-0.4, -0.2) is 15.9 Å². The van der Waals surface area contributed by atoms with Crippen LogP contribution in [0.3, 0.4) is 0 Å². The number of hydrogen-bond acceptors (Lipinski definition) is 3. The van der Waals surface area contributed by atoms with Crippen molar-refractivity contribution in [1.82, 2.24) is 9.88 Å². The Kier molecular flexibility index (Phi) is 3.81. The van der Waals surface area contributed by atoms with Gasteiger partial charge in [-0.3, -0.25) is 9.88 Å². The van der Waals surface area contributed by atoms with Gasteiger partial charge in [-0.2, -0.15) is 0 Å². The summed E-state index contributed by atoms with van der Waals surface area (Å²) in [4.78, 5) is 6.60. The highest BCUT2D eigenvalue weighted by molar-refractivity contribution is 5.31. The molecule has 0 saturated carbocycles. The maximum Gasteiger partial charge on any atom is 0.0507 e. The van der Waals surface area contributed by atoms with Crippen molar-refractivity contribution >= 4 is 0 Å². The zero-order valence-corrected chi connectivity index (χ0v) is 11.9. The first-order valence-corrected chi connectivity index (χ1v) is 7.26. The molecule has 0 saturated heterocycles. The minimum Gasteiger partial charge on any atom is -0.326 e. The van der Waals surface area contributed by atoms with Gasteiger partial charge < -0.3 is 5.73 Å². The third-order valence-electron chi connectivity index (χ3n) is 4.18. The van der Waals surface area contributed by atoms with Crippen molar-refractivity contribution < 1.29 is 0 Å². The molecule has 104 valence electrons. The lowest BCUT2D eigenvalue weighted by molar-refractivity contribution is 0.170. The van der Waals surface area contributed by atoms with E-state index in [4.69, 9.17) is 5.73 Å². The van der Waals surface area contributed by atoms with Gasteiger partial charge in [-0.05, 0) is 35.2 Å². The summed E-state index contributed by atoms with van der Waals surface area (Å²) in [6.45, 7) is 4.12. The lowest BCUT2D eigenvalue weighted by Crippen LogP contribution is -2.38. The Morgan fingerprint density at radius 3 is 2.25 bits per heavy atom. The third kappa shape index (κ3) is 2.47. The maximum absolute atomic E-state index is 6.40. The molecule has 1 aromatic carbocycles. The normalized spacial score (nSPS) is 17.7. The molecule has 3 nitrogen and oxygen atoms in total. The molecule has 1 aromatic heterocycles. The second kappa shape index (κ2) is 5.73. The van der Waals surface area contributed by atoms with Gasteiger partial charge >= 0.3 is 0 Å². The van der Waals surface area contributed by atoms with Crippen molar-refractivity contribution in [2.24, 2.45) is 5.73 Å². The van der Waals surface area contributed by atoms with E-state index in [1.807, 2.05) is 12.4 Å². The molecule has 2 N–H and O–H groups in total. The fourth-order valence-corrected chi connectivity index (χ4v) is 3.07. The summed E-state index contributed by atoms with van der Waals surface area (Å²) in [5.74, 6) is 0. The van der Waals surface area contributed by atoms with Crippen LogP contribution in [0.5, 0.6) is 0 Å². The summed E-state index contributed by atoms with van der Waals surface area (Å²) in [7, 11) is 0. The molecule has 1 aliphatic rings. The van der Waals surface area contributed by atoms with Crippen molar-refractivity contribution in [3.63, 3.8) is 0 Å². The molecule has 2 atom stereocenters. The number of aromatic nitrogens is 1. The van der Waals surface area contributed by atoms with Crippen molar-refractivity contribution in [2.45, 2.75) is 38.5 Å². The largest absolute Gasteiger partial charge is 0.326 e. The number of nitrogens with two attached hydrogens (primary N) is 1. The van der Waals surface area contributed by atoms with E-state index in [1.165, 1.54) is 16.7 Å². The van der Waals surface area contributed by atoms with Crippen LogP contribution in [0.1, 0.15) is 36.1 Å². The highest BCUT2D eigenvalue weighted by Crippen LogP contribution is 2.33. The number of nitrogens with zero attached hydrogens (tertiary/aromatic N) is 2. The van der Waals surface area contributed by atoms with Crippen LogP contribution in [0.2, 0.25) is 0 Å². The number of fused-ring (bicyclic) bond motifs is 1. The maximum atomic E-state index is 6.40. The van der Waals surface area contributed by atoms with Gasteiger partial charge in [0.2, 0.25) is 0 Å². The summed E-state index contributed by atoms with van der Waals surface area (Å²) >= 11 is 0. The van der Waals surface area contributed by atoms with Crippen molar-refractivity contribution in [2.75, 3.05) is 0 Å². The number of pyridine rings is 1. The fourth-order valence-electron chi connectivity index (χ4n) is 3.07. The summed E-state index contributed by atoms with van der Waals surface area (Å²) < 4.78 is 0. The van der Waals surface area contributed by atoms with E-state index >= 15 is 0 Å². The van der Waals surface area contributed by atoms with Crippen molar-refractivity contribution in [3.8, 4) is 0 Å². The zero-order chi connectivity index (χ0) is 13.9. The zero-order valence-electron chi connectivity index (χ0n) is 11.9. The predicted octanol–water partition coefficient (Wildman–Crippen LogP) is 2.88. The van der Waals surface area contributed by atoms with Gasteiger partial charge in [0.1, 0.15) is 0 Å². The molecule has 1 aliphatic heterocycles. The lowest BCUT2D eigenvalue weighted by Gasteiger charge is -2.32.